The van der Waals surface area contributed by atoms with Gasteiger partial charge >= 0.3 is 0 Å². The molecule has 0 aliphatic carbocycles. The number of fused-ring (bicyclic) bond motifs is 4. The number of aromatic nitrogens is 2. The van der Waals surface area contributed by atoms with Crippen molar-refractivity contribution in [1.82, 2.24) is 9.55 Å². The Bertz CT molecular complexity index is 1520. The summed E-state index contributed by atoms with van der Waals surface area (Å²) in [6.07, 6.45) is 1.40. The normalized spacial score (nSPS) is 12.3. The van der Waals surface area contributed by atoms with Crippen LogP contribution in [-0.2, 0) is 4.79 Å². The molecule has 0 radical (unpaired) electrons. The van der Waals surface area contributed by atoms with Gasteiger partial charge < -0.3 is 14.5 Å². The smallest absolute Gasteiger partial charge is 0.261 e. The standard InChI is InChI=1S/C24H19N3O4/c1-14(27-13-25-18-9-5-3-8-16(18)24(27)29)23(28)26-19-12-21-17(11-22(19)30-2)15-7-4-6-10-20(15)31-21/h3-14H,1-2H3,(H,26,28)/t14-/m1/s1. The monoisotopic (exact) mass is 413 g/mol. The van der Waals surface area contributed by atoms with E-state index in [1.54, 1.807) is 38.3 Å². The summed E-state index contributed by atoms with van der Waals surface area (Å²) in [4.78, 5) is 30.1. The molecular formula is C24H19N3O4. The third kappa shape index (κ3) is 3.11. The second-order valence-corrected chi connectivity index (χ2v) is 7.29. The highest BCUT2D eigenvalue weighted by Crippen LogP contribution is 2.36. The van der Waals surface area contributed by atoms with Crippen LogP contribution in [0.15, 0.2) is 76.2 Å². The van der Waals surface area contributed by atoms with Gasteiger partial charge in [0.05, 0.1) is 30.0 Å². The molecule has 0 saturated heterocycles. The van der Waals surface area contributed by atoms with Crippen molar-refractivity contribution in [1.29, 1.82) is 0 Å². The number of carbonyl (C=O) groups is 1. The minimum Gasteiger partial charge on any atom is -0.495 e. The highest BCUT2D eigenvalue weighted by Gasteiger charge is 2.20. The summed E-state index contributed by atoms with van der Waals surface area (Å²) in [5.74, 6) is 0.136. The summed E-state index contributed by atoms with van der Waals surface area (Å²) < 4.78 is 12.7. The van der Waals surface area contributed by atoms with Gasteiger partial charge in [0.2, 0.25) is 5.91 Å². The number of rotatable bonds is 4. The Hall–Kier alpha value is -4.13. The van der Waals surface area contributed by atoms with E-state index < -0.39 is 6.04 Å². The number of hydrogen-bond acceptors (Lipinski definition) is 5. The van der Waals surface area contributed by atoms with E-state index in [-0.39, 0.29) is 11.5 Å². The van der Waals surface area contributed by atoms with Gasteiger partial charge in [0, 0.05) is 16.8 Å². The lowest BCUT2D eigenvalue weighted by molar-refractivity contribution is -0.118. The first-order valence-corrected chi connectivity index (χ1v) is 9.83. The van der Waals surface area contributed by atoms with Gasteiger partial charge in [-0.25, -0.2) is 4.98 Å². The molecule has 0 bridgehead atoms. The Morgan fingerprint density at radius 2 is 1.77 bits per heavy atom. The first-order valence-electron chi connectivity index (χ1n) is 9.83. The van der Waals surface area contributed by atoms with Gasteiger partial charge in [-0.1, -0.05) is 30.3 Å². The third-order valence-electron chi connectivity index (χ3n) is 5.44. The van der Waals surface area contributed by atoms with E-state index in [0.29, 0.717) is 27.9 Å². The van der Waals surface area contributed by atoms with Crippen molar-refractivity contribution in [3.63, 3.8) is 0 Å². The lowest BCUT2D eigenvalue weighted by Gasteiger charge is -2.16. The molecule has 1 atom stereocenters. The van der Waals surface area contributed by atoms with Gasteiger partial charge in [-0.2, -0.15) is 0 Å². The van der Waals surface area contributed by atoms with E-state index in [4.69, 9.17) is 9.15 Å². The van der Waals surface area contributed by atoms with Gasteiger partial charge in [-0.3, -0.25) is 14.2 Å². The van der Waals surface area contributed by atoms with E-state index in [2.05, 4.69) is 10.3 Å². The summed E-state index contributed by atoms with van der Waals surface area (Å²) in [6, 6.07) is 17.6. The van der Waals surface area contributed by atoms with Crippen molar-refractivity contribution in [2.24, 2.45) is 0 Å². The van der Waals surface area contributed by atoms with Crippen LogP contribution in [-0.4, -0.2) is 22.6 Å². The molecule has 0 spiro atoms. The van der Waals surface area contributed by atoms with Crippen LogP contribution in [0.25, 0.3) is 32.8 Å². The van der Waals surface area contributed by atoms with Gasteiger partial charge in [0.25, 0.3) is 5.56 Å². The van der Waals surface area contributed by atoms with Gasteiger partial charge in [-0.05, 0) is 31.2 Å². The van der Waals surface area contributed by atoms with Crippen molar-refractivity contribution >= 4 is 44.4 Å². The highest BCUT2D eigenvalue weighted by atomic mass is 16.5. The lowest BCUT2D eigenvalue weighted by Crippen LogP contribution is -2.31. The molecule has 5 rings (SSSR count). The zero-order valence-corrected chi connectivity index (χ0v) is 17.0. The number of nitrogens with one attached hydrogen (secondary N) is 1. The van der Waals surface area contributed by atoms with Crippen molar-refractivity contribution in [2.75, 3.05) is 12.4 Å². The van der Waals surface area contributed by atoms with Crippen LogP contribution in [0.1, 0.15) is 13.0 Å². The largest absolute Gasteiger partial charge is 0.495 e. The zero-order valence-electron chi connectivity index (χ0n) is 17.0. The van der Waals surface area contributed by atoms with Crippen LogP contribution in [0.5, 0.6) is 5.75 Å². The number of benzene rings is 3. The van der Waals surface area contributed by atoms with Crippen LogP contribution < -0.4 is 15.6 Å². The highest BCUT2D eigenvalue weighted by molar-refractivity contribution is 6.08. The number of ether oxygens (including phenoxy) is 1. The molecule has 2 aromatic heterocycles. The van der Waals surface area contributed by atoms with Gasteiger partial charge in [0.15, 0.2) is 0 Å². The molecule has 154 valence electrons. The maximum atomic E-state index is 13.0. The van der Waals surface area contributed by atoms with E-state index in [1.165, 1.54) is 10.9 Å². The van der Waals surface area contributed by atoms with Crippen molar-refractivity contribution in [2.45, 2.75) is 13.0 Å². The second kappa shape index (κ2) is 7.28. The fourth-order valence-corrected chi connectivity index (χ4v) is 3.74. The summed E-state index contributed by atoms with van der Waals surface area (Å²) >= 11 is 0. The van der Waals surface area contributed by atoms with E-state index >= 15 is 0 Å². The van der Waals surface area contributed by atoms with Crippen molar-refractivity contribution < 1.29 is 13.9 Å². The van der Waals surface area contributed by atoms with Crippen LogP contribution in [0.2, 0.25) is 0 Å². The Balaban J connectivity index is 1.51. The minimum absolute atomic E-state index is 0.270. The van der Waals surface area contributed by atoms with Crippen molar-refractivity contribution in [3.8, 4) is 5.75 Å². The molecule has 0 aliphatic rings. The molecule has 1 N–H and O–H groups in total. The Kier molecular flexibility index (Phi) is 4.43. The number of anilines is 1. The Labute approximate surface area is 176 Å². The molecule has 2 heterocycles. The third-order valence-corrected chi connectivity index (χ3v) is 5.44. The topological polar surface area (TPSA) is 86.4 Å². The van der Waals surface area contributed by atoms with Gasteiger partial charge in [-0.15, -0.1) is 0 Å². The molecule has 0 aliphatic heterocycles. The number of methoxy groups -OCH3 is 1. The molecule has 7 heteroatoms. The molecule has 3 aromatic carbocycles. The molecule has 0 unspecified atom stereocenters. The summed E-state index contributed by atoms with van der Waals surface area (Å²) in [5.41, 5.74) is 2.17. The number of furan rings is 1. The molecule has 0 saturated carbocycles. The lowest BCUT2D eigenvalue weighted by atomic mass is 10.1. The number of para-hydroxylation sites is 2. The Morgan fingerprint density at radius 1 is 1.03 bits per heavy atom. The van der Waals surface area contributed by atoms with Crippen molar-refractivity contribution in [3.05, 3.63) is 77.3 Å². The van der Waals surface area contributed by atoms with Crippen LogP contribution in [0.3, 0.4) is 0 Å². The van der Waals surface area contributed by atoms with Gasteiger partial charge in [0.1, 0.15) is 23.0 Å². The molecule has 0 fully saturated rings. The van der Waals surface area contributed by atoms with E-state index in [0.717, 1.165) is 16.4 Å². The summed E-state index contributed by atoms with van der Waals surface area (Å²) in [5, 5.41) is 5.19. The number of hydrogen-bond donors (Lipinski definition) is 1. The maximum Gasteiger partial charge on any atom is 0.261 e. The zero-order chi connectivity index (χ0) is 21.5. The number of nitrogens with zero attached hydrogens (tertiary/aromatic N) is 2. The SMILES string of the molecule is COc1cc2c(cc1NC(=O)[C@@H](C)n1cnc3ccccc3c1=O)oc1ccccc12. The summed E-state index contributed by atoms with van der Waals surface area (Å²) in [6.45, 7) is 1.65. The quantitative estimate of drug-likeness (QED) is 0.469. The van der Waals surface area contributed by atoms with E-state index in [9.17, 15) is 9.59 Å². The molecule has 5 aromatic rings. The van der Waals surface area contributed by atoms with Crippen LogP contribution in [0, 0.1) is 0 Å². The molecule has 1 amide bonds. The second-order valence-electron chi connectivity index (χ2n) is 7.29. The van der Waals surface area contributed by atoms with Crippen LogP contribution >= 0.6 is 0 Å². The predicted molar refractivity (Wildman–Crippen MR) is 120 cm³/mol. The maximum absolute atomic E-state index is 13.0. The fourth-order valence-electron chi connectivity index (χ4n) is 3.74. The average molecular weight is 413 g/mol. The molecule has 7 nitrogen and oxygen atoms in total. The first-order chi connectivity index (χ1) is 15.1. The van der Waals surface area contributed by atoms with Crippen LogP contribution in [0.4, 0.5) is 5.69 Å². The summed E-state index contributed by atoms with van der Waals surface area (Å²) in [7, 11) is 1.54. The Morgan fingerprint density at radius 3 is 2.58 bits per heavy atom. The van der Waals surface area contributed by atoms with E-state index in [1.807, 2.05) is 36.4 Å². The first kappa shape index (κ1) is 18.9. The fraction of sp³-hybridized carbons (Fsp3) is 0.125. The number of amides is 1. The molecule has 31 heavy (non-hydrogen) atoms. The molecular weight excluding hydrogens is 394 g/mol. The number of carbonyl (C=O) groups excluding carboxylic acids is 1. The average Bonchev–Trinajstić information content (AvgIpc) is 3.15. The predicted octanol–water partition coefficient (Wildman–Crippen LogP) is 4.50. The minimum atomic E-state index is -0.777.